The first-order chi connectivity index (χ1) is 11.9. The van der Waals surface area contributed by atoms with E-state index in [1.807, 2.05) is 24.7 Å². The normalized spacial score (nSPS) is 11.8. The molecule has 0 aliphatic carbocycles. The van der Waals surface area contributed by atoms with E-state index in [9.17, 15) is 14.7 Å². The number of hydrogen-bond acceptors (Lipinski definition) is 5. The molecule has 0 saturated heterocycles. The van der Waals surface area contributed by atoms with Gasteiger partial charge in [0, 0.05) is 22.2 Å². The average molecular weight is 360 g/mol. The van der Waals surface area contributed by atoms with Gasteiger partial charge >= 0.3 is 0 Å². The van der Waals surface area contributed by atoms with E-state index in [4.69, 9.17) is 0 Å². The molecule has 2 heterocycles. The van der Waals surface area contributed by atoms with Gasteiger partial charge in [0.15, 0.2) is 11.7 Å². The lowest BCUT2D eigenvalue weighted by molar-refractivity contribution is 0.235. The van der Waals surface area contributed by atoms with E-state index in [1.165, 1.54) is 12.1 Å². The molecular weight excluding hydrogens is 343 g/mol. The summed E-state index contributed by atoms with van der Waals surface area (Å²) in [5, 5.41) is 28.2. The minimum atomic E-state index is -0.696. The number of thiophene rings is 1. The first kappa shape index (κ1) is 17.1. The van der Waals surface area contributed by atoms with E-state index in [-0.39, 0.29) is 17.3 Å². The fourth-order valence-electron chi connectivity index (χ4n) is 2.67. The van der Waals surface area contributed by atoms with Crippen molar-refractivity contribution in [2.45, 2.75) is 20.8 Å². The number of hydrogen-bond donors (Lipinski definition) is 4. The highest BCUT2D eigenvalue weighted by molar-refractivity contribution is 7.10. The number of aryl methyl sites for hydroxylation is 3. The predicted molar refractivity (Wildman–Crippen MR) is 95.3 cm³/mol. The zero-order chi connectivity index (χ0) is 18.1. The molecule has 1 aromatic carbocycles. The van der Waals surface area contributed by atoms with Crippen molar-refractivity contribution in [2.75, 3.05) is 0 Å². The van der Waals surface area contributed by atoms with Crippen LogP contribution >= 0.6 is 11.3 Å². The van der Waals surface area contributed by atoms with E-state index in [2.05, 4.69) is 15.2 Å². The van der Waals surface area contributed by atoms with E-state index in [1.54, 1.807) is 18.3 Å². The second kappa shape index (κ2) is 6.66. The van der Waals surface area contributed by atoms with Crippen molar-refractivity contribution in [3.63, 3.8) is 0 Å². The van der Waals surface area contributed by atoms with Crippen molar-refractivity contribution in [3.05, 3.63) is 51.1 Å². The molecule has 6 nitrogen and oxygen atoms in total. The number of nitrogens with zero attached hydrogens (tertiary/aromatic N) is 2. The Morgan fingerprint density at radius 1 is 1.32 bits per heavy atom. The minimum absolute atomic E-state index is 0.0142. The number of aromatic amines is 1. The molecule has 0 fully saturated rings. The zero-order valence-electron chi connectivity index (χ0n) is 13.9. The minimum Gasteiger partial charge on any atom is -0.508 e. The lowest BCUT2D eigenvalue weighted by atomic mass is 10.0. The second-order valence-corrected chi connectivity index (χ2v) is 6.71. The van der Waals surface area contributed by atoms with Crippen LogP contribution in [0.25, 0.3) is 11.3 Å². The van der Waals surface area contributed by atoms with Gasteiger partial charge in [0.05, 0.1) is 5.56 Å². The van der Waals surface area contributed by atoms with E-state index in [0.29, 0.717) is 17.0 Å². The van der Waals surface area contributed by atoms with Crippen molar-refractivity contribution in [3.8, 4) is 17.0 Å². The monoisotopic (exact) mass is 360 g/mol. The number of aromatic hydroxyl groups is 1. The summed E-state index contributed by atoms with van der Waals surface area (Å²) in [4.78, 5) is 5.25. The van der Waals surface area contributed by atoms with Gasteiger partial charge in [-0.25, -0.2) is 9.38 Å². The van der Waals surface area contributed by atoms with Gasteiger partial charge < -0.3 is 5.11 Å². The van der Waals surface area contributed by atoms with Gasteiger partial charge in [0.2, 0.25) is 0 Å². The van der Waals surface area contributed by atoms with Crippen LogP contribution in [-0.4, -0.2) is 26.3 Å². The molecule has 4 N–H and O–H groups in total. The summed E-state index contributed by atoms with van der Waals surface area (Å²) in [6.07, 6.45) is 0. The maximum absolute atomic E-state index is 14.0. The van der Waals surface area contributed by atoms with Crippen LogP contribution < -0.4 is 5.48 Å². The lowest BCUT2D eigenvalue weighted by Crippen LogP contribution is -2.21. The Balaban J connectivity index is 2.17. The number of aliphatic imine (C=N–C) groups is 1. The Kier molecular flexibility index (Phi) is 4.56. The van der Waals surface area contributed by atoms with Gasteiger partial charge in [-0.05, 0) is 43.8 Å². The molecule has 2 aromatic heterocycles. The number of aromatic nitrogens is 2. The van der Waals surface area contributed by atoms with Gasteiger partial charge in [0.25, 0.3) is 0 Å². The molecule has 0 spiro atoms. The molecule has 0 bridgehead atoms. The van der Waals surface area contributed by atoms with Gasteiger partial charge in [-0.2, -0.15) is 5.10 Å². The van der Waals surface area contributed by atoms with Crippen LogP contribution in [-0.2, 0) is 0 Å². The van der Waals surface area contributed by atoms with Crippen molar-refractivity contribution >= 4 is 22.9 Å². The fraction of sp³-hybridized carbons (Fsp3) is 0.176. The van der Waals surface area contributed by atoms with E-state index < -0.39 is 5.82 Å². The first-order valence-corrected chi connectivity index (χ1v) is 8.38. The third kappa shape index (κ3) is 3.13. The summed E-state index contributed by atoms with van der Waals surface area (Å²) >= 11 is 1.61. The second-order valence-electron chi connectivity index (χ2n) is 5.63. The standard InChI is InChI=1S/C17H17FN4O2S/c1-8-7-25-10(3)14(8)16-15(9(2)20-21-16)17(22-24)19-13-5-4-11(23)6-12(13)18/h4-7,23-24H,1-3H3,(H,19,22)(H,20,21). The van der Waals surface area contributed by atoms with Crippen LogP contribution in [0, 0.1) is 26.6 Å². The van der Waals surface area contributed by atoms with Crippen molar-refractivity contribution in [1.29, 1.82) is 0 Å². The lowest BCUT2D eigenvalue weighted by Gasteiger charge is -2.08. The number of amidine groups is 1. The van der Waals surface area contributed by atoms with Gasteiger partial charge in [-0.3, -0.25) is 15.8 Å². The molecule has 0 saturated carbocycles. The maximum atomic E-state index is 14.0. The molecule has 3 aromatic rings. The molecule has 3 rings (SSSR count). The topological polar surface area (TPSA) is 93.5 Å². The van der Waals surface area contributed by atoms with Crippen LogP contribution in [0.1, 0.15) is 21.7 Å². The Bertz CT molecular complexity index is 942. The van der Waals surface area contributed by atoms with Gasteiger partial charge in [0.1, 0.15) is 17.1 Å². The quantitative estimate of drug-likeness (QED) is 0.323. The Labute approximate surface area is 147 Å². The summed E-state index contributed by atoms with van der Waals surface area (Å²) in [7, 11) is 0. The molecule has 0 amide bonds. The highest BCUT2D eigenvalue weighted by atomic mass is 32.1. The number of H-pyrrole nitrogens is 1. The summed E-state index contributed by atoms with van der Waals surface area (Å²) in [5.74, 6) is -0.825. The van der Waals surface area contributed by atoms with E-state index >= 15 is 0 Å². The number of rotatable bonds is 3. The van der Waals surface area contributed by atoms with Gasteiger partial charge in [-0.15, -0.1) is 11.3 Å². The van der Waals surface area contributed by atoms with Crippen LogP contribution in [0.5, 0.6) is 5.75 Å². The molecule has 0 radical (unpaired) electrons. The van der Waals surface area contributed by atoms with Crippen molar-refractivity contribution in [2.24, 2.45) is 4.99 Å². The highest BCUT2D eigenvalue weighted by Gasteiger charge is 2.21. The number of benzene rings is 1. The number of phenols is 1. The highest BCUT2D eigenvalue weighted by Crippen LogP contribution is 2.34. The SMILES string of the molecule is Cc1csc(C)c1-c1n[nH]c(C)c1C(=Nc1ccc(O)cc1F)NO. The third-order valence-corrected chi connectivity index (χ3v) is 4.88. The molecular formula is C17H17FN4O2S. The van der Waals surface area contributed by atoms with Crippen LogP contribution in [0.2, 0.25) is 0 Å². The van der Waals surface area contributed by atoms with E-state index in [0.717, 1.165) is 22.1 Å². The van der Waals surface area contributed by atoms with Crippen LogP contribution in [0.3, 0.4) is 0 Å². The molecule has 130 valence electrons. The fourth-order valence-corrected chi connectivity index (χ4v) is 3.52. The summed E-state index contributed by atoms with van der Waals surface area (Å²) in [6.45, 7) is 5.77. The van der Waals surface area contributed by atoms with Crippen molar-refractivity contribution in [1.82, 2.24) is 15.7 Å². The largest absolute Gasteiger partial charge is 0.508 e. The molecule has 8 heteroatoms. The number of hydroxylamine groups is 1. The number of phenolic OH excluding ortho intramolecular Hbond substituents is 1. The number of halogens is 1. The molecule has 0 unspecified atom stereocenters. The molecule has 0 atom stereocenters. The maximum Gasteiger partial charge on any atom is 0.161 e. The third-order valence-electron chi connectivity index (χ3n) is 3.85. The van der Waals surface area contributed by atoms with Crippen LogP contribution in [0.15, 0.2) is 28.6 Å². The summed E-state index contributed by atoms with van der Waals surface area (Å²) in [6, 6.07) is 3.62. The average Bonchev–Trinajstić information content (AvgIpc) is 3.09. The zero-order valence-corrected chi connectivity index (χ0v) is 14.7. The molecule has 0 aliphatic heterocycles. The first-order valence-electron chi connectivity index (χ1n) is 7.50. The Hall–Kier alpha value is -2.71. The molecule has 25 heavy (non-hydrogen) atoms. The number of nitrogens with one attached hydrogen (secondary N) is 2. The summed E-state index contributed by atoms with van der Waals surface area (Å²) < 4.78 is 14.0. The van der Waals surface area contributed by atoms with Crippen LogP contribution in [0.4, 0.5) is 10.1 Å². The Morgan fingerprint density at radius 3 is 2.68 bits per heavy atom. The summed E-state index contributed by atoms with van der Waals surface area (Å²) in [5.41, 5.74) is 5.91. The Morgan fingerprint density at radius 2 is 2.08 bits per heavy atom. The molecule has 0 aliphatic rings. The van der Waals surface area contributed by atoms with Gasteiger partial charge in [-0.1, -0.05) is 0 Å². The predicted octanol–water partition coefficient (Wildman–Crippen LogP) is 3.97. The van der Waals surface area contributed by atoms with Crippen molar-refractivity contribution < 1.29 is 14.7 Å². The smallest absolute Gasteiger partial charge is 0.161 e.